The predicted molar refractivity (Wildman–Crippen MR) is 58.3 cm³/mol. The zero-order valence-electron chi connectivity index (χ0n) is 8.54. The quantitative estimate of drug-likeness (QED) is 0.732. The van der Waals surface area contributed by atoms with Crippen LogP contribution in [0, 0.1) is 6.92 Å². The van der Waals surface area contributed by atoms with E-state index in [1.54, 1.807) is 6.92 Å². The molecule has 0 bridgehead atoms. The maximum Gasteiger partial charge on any atom is 0.244 e. The minimum atomic E-state index is -0.0432. The number of carbonyl (C=O) groups excluding carboxylic acids is 1. The Morgan fingerprint density at radius 2 is 2.27 bits per heavy atom. The molecule has 1 aliphatic heterocycles. The van der Waals surface area contributed by atoms with Crippen LogP contribution in [0.3, 0.4) is 0 Å². The topological polar surface area (TPSA) is 58.1 Å². The van der Waals surface area contributed by atoms with E-state index in [0.717, 1.165) is 0 Å². The molecule has 15 heavy (non-hydrogen) atoms. The number of amides is 1. The number of anilines is 2. The molecular weight excluding hydrogens is 216 g/mol. The number of nitrogens with zero attached hydrogens (tertiary/aromatic N) is 3. The van der Waals surface area contributed by atoms with Gasteiger partial charge in [0, 0.05) is 6.54 Å². The van der Waals surface area contributed by atoms with Crippen LogP contribution in [-0.4, -0.2) is 29.0 Å². The summed E-state index contributed by atoms with van der Waals surface area (Å²) in [4.78, 5) is 21.4. The second kappa shape index (κ2) is 3.66. The highest BCUT2D eigenvalue weighted by Crippen LogP contribution is 2.30. The van der Waals surface area contributed by atoms with E-state index in [-0.39, 0.29) is 11.2 Å². The summed E-state index contributed by atoms with van der Waals surface area (Å²) in [5.41, 5.74) is 1.36. The van der Waals surface area contributed by atoms with Crippen molar-refractivity contribution >= 4 is 29.0 Å². The van der Waals surface area contributed by atoms with E-state index in [2.05, 4.69) is 15.3 Å². The van der Waals surface area contributed by atoms with E-state index >= 15 is 0 Å². The van der Waals surface area contributed by atoms with Crippen molar-refractivity contribution in [3.8, 4) is 0 Å². The first-order valence-electron chi connectivity index (χ1n) is 4.70. The van der Waals surface area contributed by atoms with Gasteiger partial charge in [-0.3, -0.25) is 4.79 Å². The maximum absolute atomic E-state index is 11.4. The second-order valence-corrected chi connectivity index (χ2v) is 3.68. The van der Waals surface area contributed by atoms with Gasteiger partial charge in [-0.25, -0.2) is 4.98 Å². The lowest BCUT2D eigenvalue weighted by molar-refractivity contribution is -0.115. The molecular formula is C9H11ClN4O. The number of likely N-dealkylation sites (N-methyl/N-ethyl adjacent to an activating group) is 1. The number of nitrogens with one attached hydrogen (secondary N) is 1. The number of hydrogen-bond donors (Lipinski definition) is 1. The molecule has 0 atom stereocenters. The molecule has 80 valence electrons. The monoisotopic (exact) mass is 226 g/mol. The van der Waals surface area contributed by atoms with Crippen LogP contribution >= 0.6 is 11.6 Å². The van der Waals surface area contributed by atoms with Crippen molar-refractivity contribution in [2.24, 2.45) is 0 Å². The average Bonchev–Trinajstić information content (AvgIpc) is 2.18. The molecule has 0 saturated heterocycles. The fourth-order valence-electron chi connectivity index (χ4n) is 1.59. The molecule has 1 N–H and O–H groups in total. The third-order valence-corrected chi connectivity index (χ3v) is 2.49. The predicted octanol–water partition coefficient (Wildman–Crippen LogP) is 1.22. The van der Waals surface area contributed by atoms with Crippen LogP contribution in [0.5, 0.6) is 0 Å². The summed E-state index contributed by atoms with van der Waals surface area (Å²) in [5, 5.41) is 2.96. The zero-order valence-corrected chi connectivity index (χ0v) is 9.30. The van der Waals surface area contributed by atoms with E-state index in [1.807, 2.05) is 11.8 Å². The summed E-state index contributed by atoms with van der Waals surface area (Å²) < 4.78 is 0. The third kappa shape index (κ3) is 1.74. The zero-order chi connectivity index (χ0) is 11.0. The number of fused-ring (bicyclic) bond motifs is 1. The van der Waals surface area contributed by atoms with Crippen molar-refractivity contribution in [3.63, 3.8) is 0 Å². The molecule has 0 unspecified atom stereocenters. The van der Waals surface area contributed by atoms with E-state index in [4.69, 9.17) is 11.6 Å². The Hall–Kier alpha value is -1.36. The molecule has 0 radical (unpaired) electrons. The van der Waals surface area contributed by atoms with Gasteiger partial charge in [0.15, 0.2) is 5.82 Å². The molecule has 0 spiro atoms. The lowest BCUT2D eigenvalue weighted by Crippen LogP contribution is -2.39. The number of hydrogen-bond acceptors (Lipinski definition) is 4. The Kier molecular flexibility index (Phi) is 2.48. The van der Waals surface area contributed by atoms with Gasteiger partial charge in [-0.05, 0) is 25.4 Å². The van der Waals surface area contributed by atoms with Crippen molar-refractivity contribution < 1.29 is 4.79 Å². The van der Waals surface area contributed by atoms with Crippen molar-refractivity contribution in [2.75, 3.05) is 23.3 Å². The van der Waals surface area contributed by atoms with Crippen molar-refractivity contribution in [1.29, 1.82) is 0 Å². The highest BCUT2D eigenvalue weighted by molar-refractivity contribution is 6.28. The van der Waals surface area contributed by atoms with Gasteiger partial charge in [-0.15, -0.1) is 0 Å². The summed E-state index contributed by atoms with van der Waals surface area (Å²) >= 11 is 5.78. The number of rotatable bonds is 1. The van der Waals surface area contributed by atoms with Gasteiger partial charge in [0.1, 0.15) is 5.69 Å². The molecule has 2 rings (SSSR count). The Balaban J connectivity index is 2.55. The largest absolute Gasteiger partial charge is 0.346 e. The first kappa shape index (κ1) is 10.2. The van der Waals surface area contributed by atoms with Crippen molar-refractivity contribution in [3.05, 3.63) is 11.0 Å². The van der Waals surface area contributed by atoms with Gasteiger partial charge < -0.3 is 10.2 Å². The van der Waals surface area contributed by atoms with Gasteiger partial charge >= 0.3 is 0 Å². The van der Waals surface area contributed by atoms with E-state index < -0.39 is 0 Å². The Morgan fingerprint density at radius 1 is 1.53 bits per heavy atom. The molecule has 1 aliphatic rings. The fourth-order valence-corrected chi connectivity index (χ4v) is 1.80. The summed E-state index contributed by atoms with van der Waals surface area (Å²) in [5.74, 6) is 0.660. The van der Waals surface area contributed by atoms with E-state index in [1.165, 1.54) is 0 Å². The van der Waals surface area contributed by atoms with Crippen molar-refractivity contribution in [1.82, 2.24) is 9.97 Å². The minimum absolute atomic E-state index is 0.0432. The summed E-state index contributed by atoms with van der Waals surface area (Å²) in [6, 6.07) is 0. The number of carbonyl (C=O) groups is 1. The summed E-state index contributed by atoms with van der Waals surface area (Å²) in [6.07, 6.45) is 0. The summed E-state index contributed by atoms with van der Waals surface area (Å²) in [6.45, 7) is 4.79. The maximum atomic E-state index is 11.4. The van der Waals surface area contributed by atoms with Crippen LogP contribution in [0.15, 0.2) is 0 Å². The Bertz CT molecular complexity index is 421. The molecule has 0 aromatic carbocycles. The molecule has 2 heterocycles. The van der Waals surface area contributed by atoms with Crippen LogP contribution in [0.25, 0.3) is 0 Å². The highest BCUT2D eigenvalue weighted by Gasteiger charge is 2.24. The van der Waals surface area contributed by atoms with E-state index in [9.17, 15) is 4.79 Å². The Morgan fingerprint density at radius 3 is 2.93 bits per heavy atom. The van der Waals surface area contributed by atoms with Gasteiger partial charge in [0.05, 0.1) is 12.2 Å². The normalized spacial score (nSPS) is 14.9. The van der Waals surface area contributed by atoms with Crippen LogP contribution in [0.4, 0.5) is 11.5 Å². The molecule has 0 fully saturated rings. The van der Waals surface area contributed by atoms with Crippen molar-refractivity contribution in [2.45, 2.75) is 13.8 Å². The average molecular weight is 227 g/mol. The van der Waals surface area contributed by atoms with Crippen LogP contribution < -0.4 is 10.2 Å². The molecule has 6 heteroatoms. The number of aromatic nitrogens is 2. The number of halogens is 1. The second-order valence-electron chi connectivity index (χ2n) is 3.34. The van der Waals surface area contributed by atoms with Crippen LogP contribution in [0.1, 0.15) is 12.6 Å². The van der Waals surface area contributed by atoms with Crippen LogP contribution in [0.2, 0.25) is 5.28 Å². The molecule has 0 aliphatic carbocycles. The van der Waals surface area contributed by atoms with Crippen LogP contribution in [-0.2, 0) is 4.79 Å². The minimum Gasteiger partial charge on any atom is -0.346 e. The molecule has 5 nitrogen and oxygen atoms in total. The molecule has 0 saturated carbocycles. The fraction of sp³-hybridized carbons (Fsp3) is 0.444. The lowest BCUT2D eigenvalue weighted by atomic mass is 10.2. The summed E-state index contributed by atoms with van der Waals surface area (Å²) in [7, 11) is 0. The SMILES string of the molecule is CCN1CC(=O)Nc2c(C)nc(Cl)nc21. The lowest BCUT2D eigenvalue weighted by Gasteiger charge is -2.29. The Labute approximate surface area is 92.5 Å². The smallest absolute Gasteiger partial charge is 0.244 e. The first-order valence-corrected chi connectivity index (χ1v) is 5.08. The standard InChI is InChI=1S/C9H11ClN4O/c1-3-14-4-6(15)12-7-5(2)11-9(10)13-8(7)14/h3-4H2,1-2H3,(H,12,15). The van der Waals surface area contributed by atoms with Gasteiger partial charge in [0.25, 0.3) is 0 Å². The van der Waals surface area contributed by atoms with Gasteiger partial charge in [-0.2, -0.15) is 4.98 Å². The third-order valence-electron chi connectivity index (χ3n) is 2.32. The molecule has 1 aromatic rings. The van der Waals surface area contributed by atoms with E-state index in [0.29, 0.717) is 30.3 Å². The first-order chi connectivity index (χ1) is 7.11. The number of aryl methyl sites for hydroxylation is 1. The highest BCUT2D eigenvalue weighted by atomic mass is 35.5. The van der Waals surface area contributed by atoms with Gasteiger partial charge in [-0.1, -0.05) is 0 Å². The van der Waals surface area contributed by atoms with Gasteiger partial charge in [0.2, 0.25) is 11.2 Å². The molecule has 1 amide bonds. The molecule has 1 aromatic heterocycles.